The van der Waals surface area contributed by atoms with Crippen LogP contribution in [0.3, 0.4) is 0 Å². The van der Waals surface area contributed by atoms with Crippen LogP contribution in [0.2, 0.25) is 0 Å². The van der Waals surface area contributed by atoms with E-state index in [0.717, 1.165) is 55.4 Å². The number of benzene rings is 9. The van der Waals surface area contributed by atoms with Crippen molar-refractivity contribution in [3.8, 4) is 39.6 Å². The fourth-order valence-corrected chi connectivity index (χ4v) is 11.9. The molecule has 12 aromatic rings. The number of hydrogen-bond acceptors (Lipinski definition) is 3. The Kier molecular flexibility index (Phi) is 13.4. The SMILES string of the molecule is CC(C)(C)c1cc(-c2cc(C(C)(C)C)cc3c4ccccc4c4cc(-c5ccccc5)ccc4c4cccc5c4n(c23)[CH-]N5c2[c-]c(Oc3[c-]c4c(cc3)c3ccccc3n4-c3cc(C(C)(C)C)ccn3)ccc2)cc(C(C)(C)C)c1.[Pt]. The van der Waals surface area contributed by atoms with Gasteiger partial charge in [0.2, 0.25) is 0 Å². The summed E-state index contributed by atoms with van der Waals surface area (Å²) in [7, 11) is 0. The molecule has 3 aromatic heterocycles. The van der Waals surface area contributed by atoms with Gasteiger partial charge in [0.25, 0.3) is 0 Å². The molecular formula is C76H69N4OPt-3. The maximum absolute atomic E-state index is 6.87. The summed E-state index contributed by atoms with van der Waals surface area (Å²) in [5.74, 6) is 2.02. The topological polar surface area (TPSA) is 35.2 Å². The normalized spacial score (nSPS) is 12.9. The third-order valence-electron chi connectivity index (χ3n) is 16.5. The molecule has 1 aliphatic rings. The third-order valence-corrected chi connectivity index (χ3v) is 16.5. The Bertz CT molecular complexity index is 4540. The average Bonchev–Trinajstić information content (AvgIpc) is 2.61. The molecule has 6 heteroatoms. The molecule has 9 aromatic carbocycles. The van der Waals surface area contributed by atoms with Crippen LogP contribution in [0.1, 0.15) is 105 Å². The summed E-state index contributed by atoms with van der Waals surface area (Å²) in [4.78, 5) is 7.22. The predicted molar refractivity (Wildman–Crippen MR) is 342 cm³/mol. The van der Waals surface area contributed by atoms with E-state index in [9.17, 15) is 0 Å². The summed E-state index contributed by atoms with van der Waals surface area (Å²) in [5.41, 5.74) is 15.5. The van der Waals surface area contributed by atoms with Gasteiger partial charge < -0.3 is 18.8 Å². The van der Waals surface area contributed by atoms with Crippen molar-refractivity contribution >= 4 is 76.5 Å². The van der Waals surface area contributed by atoms with Gasteiger partial charge in [0.15, 0.2) is 0 Å². The molecule has 412 valence electrons. The van der Waals surface area contributed by atoms with E-state index in [4.69, 9.17) is 9.72 Å². The Hall–Kier alpha value is -8.11. The van der Waals surface area contributed by atoms with Gasteiger partial charge in [-0.15, -0.1) is 35.7 Å². The molecule has 82 heavy (non-hydrogen) atoms. The van der Waals surface area contributed by atoms with Gasteiger partial charge in [0, 0.05) is 50.0 Å². The molecule has 0 saturated heterocycles. The zero-order chi connectivity index (χ0) is 56.3. The second-order valence-corrected chi connectivity index (χ2v) is 26.3. The van der Waals surface area contributed by atoms with Crippen LogP contribution in [-0.4, -0.2) is 14.1 Å². The summed E-state index contributed by atoms with van der Waals surface area (Å²) in [6.07, 6.45) is 1.91. The monoisotopic (exact) mass is 1250 g/mol. The number of para-hydroxylation sites is 2. The van der Waals surface area contributed by atoms with Gasteiger partial charge in [-0.1, -0.05) is 222 Å². The van der Waals surface area contributed by atoms with Crippen LogP contribution in [0, 0.1) is 18.8 Å². The van der Waals surface area contributed by atoms with Crippen LogP contribution < -0.4 is 9.64 Å². The van der Waals surface area contributed by atoms with Gasteiger partial charge in [-0.05, 0) is 152 Å². The molecule has 0 amide bonds. The van der Waals surface area contributed by atoms with Gasteiger partial charge in [0.1, 0.15) is 5.82 Å². The van der Waals surface area contributed by atoms with Crippen molar-refractivity contribution in [3.05, 3.63) is 235 Å². The number of fused-ring (bicyclic) bond motifs is 10. The first kappa shape index (κ1) is 54.5. The Balaban J connectivity index is 0.00000665. The number of hydrogen-bond donors (Lipinski definition) is 0. The Morgan fingerprint density at radius 2 is 1.01 bits per heavy atom. The van der Waals surface area contributed by atoms with Crippen molar-refractivity contribution < 1.29 is 25.8 Å². The van der Waals surface area contributed by atoms with Gasteiger partial charge in [-0.2, -0.15) is 12.1 Å². The molecule has 13 rings (SSSR count). The van der Waals surface area contributed by atoms with Gasteiger partial charge in [-0.25, -0.2) is 4.98 Å². The summed E-state index contributed by atoms with van der Waals surface area (Å²) >= 11 is 0. The number of aromatic nitrogens is 3. The molecule has 0 bridgehead atoms. The fourth-order valence-electron chi connectivity index (χ4n) is 11.9. The van der Waals surface area contributed by atoms with E-state index in [0.29, 0.717) is 11.5 Å². The average molecular weight is 1250 g/mol. The summed E-state index contributed by atoms with van der Waals surface area (Å²) < 4.78 is 11.6. The van der Waals surface area contributed by atoms with Crippen molar-refractivity contribution in [2.75, 3.05) is 4.90 Å². The molecule has 0 unspecified atom stereocenters. The van der Waals surface area contributed by atoms with Crippen molar-refractivity contribution in [1.29, 1.82) is 0 Å². The van der Waals surface area contributed by atoms with E-state index in [1.165, 1.54) is 71.4 Å². The quantitative estimate of drug-likeness (QED) is 0.156. The van der Waals surface area contributed by atoms with Gasteiger partial charge in [-0.3, -0.25) is 0 Å². The van der Waals surface area contributed by atoms with Crippen molar-refractivity contribution in [2.45, 2.75) is 105 Å². The van der Waals surface area contributed by atoms with Crippen molar-refractivity contribution in [1.82, 2.24) is 14.1 Å². The van der Waals surface area contributed by atoms with Crippen LogP contribution in [0.25, 0.3) is 93.2 Å². The third kappa shape index (κ3) is 9.61. The van der Waals surface area contributed by atoms with E-state index in [1.54, 1.807) is 0 Å². The van der Waals surface area contributed by atoms with Gasteiger partial charge >= 0.3 is 0 Å². The molecule has 0 atom stereocenters. The number of pyridine rings is 1. The number of ether oxygens (including phenoxy) is 1. The Labute approximate surface area is 497 Å². The molecule has 0 fully saturated rings. The zero-order valence-corrected chi connectivity index (χ0v) is 51.3. The Morgan fingerprint density at radius 3 is 1.72 bits per heavy atom. The maximum atomic E-state index is 6.87. The minimum Gasteiger partial charge on any atom is -0.509 e. The van der Waals surface area contributed by atoms with E-state index < -0.39 is 0 Å². The summed E-state index contributed by atoms with van der Waals surface area (Å²) in [6, 6.07) is 76.6. The molecule has 0 saturated carbocycles. The van der Waals surface area contributed by atoms with E-state index in [1.807, 2.05) is 18.3 Å². The molecule has 5 nitrogen and oxygen atoms in total. The van der Waals surface area contributed by atoms with E-state index >= 15 is 0 Å². The van der Waals surface area contributed by atoms with Crippen LogP contribution in [0.15, 0.2) is 194 Å². The number of rotatable bonds is 6. The molecule has 1 aliphatic heterocycles. The van der Waals surface area contributed by atoms with Crippen LogP contribution in [-0.2, 0) is 42.7 Å². The van der Waals surface area contributed by atoms with Crippen LogP contribution in [0.5, 0.6) is 11.5 Å². The predicted octanol–water partition coefficient (Wildman–Crippen LogP) is 20.8. The minimum atomic E-state index is -0.171. The van der Waals surface area contributed by atoms with Crippen LogP contribution >= 0.6 is 0 Å². The summed E-state index contributed by atoms with van der Waals surface area (Å²) in [5, 5.41) is 9.26. The standard InChI is InChI=1S/C76H69N4O.Pt/c1-73(2,3)51-36-37-77-70(44-51)80-67-30-19-18-28-61(67)62-35-33-57(46-69(62)80)81-56-25-20-24-55(45-56)78-47-79-71-64(50-38-52(74(4,5)6)41-53(39-50)75(7,8)9)42-54(76(10,11)12)43-66(71)59-27-17-16-26-58(59)65-40-49(48-22-14-13-15-23-48)32-34-60(65)63-29-21-31-68(78)72(63)79;/h13-44,47H,1-12H3;/q-3;. The first-order valence-corrected chi connectivity index (χ1v) is 28.5. The summed E-state index contributed by atoms with van der Waals surface area (Å²) in [6.45, 7) is 30.0. The molecule has 4 heterocycles. The van der Waals surface area contributed by atoms with Gasteiger partial charge in [0.05, 0.1) is 0 Å². The number of anilines is 2. The first-order valence-electron chi connectivity index (χ1n) is 28.5. The molecular weight excluding hydrogens is 1180 g/mol. The van der Waals surface area contributed by atoms with Crippen molar-refractivity contribution in [3.63, 3.8) is 0 Å². The van der Waals surface area contributed by atoms with E-state index in [-0.39, 0.29) is 42.7 Å². The van der Waals surface area contributed by atoms with Crippen LogP contribution in [0.4, 0.5) is 11.4 Å². The Morgan fingerprint density at radius 1 is 0.415 bits per heavy atom. The fraction of sp³-hybridized carbons (Fsp3) is 0.211. The largest absolute Gasteiger partial charge is 0.509 e. The minimum absolute atomic E-state index is 0. The second-order valence-electron chi connectivity index (χ2n) is 26.3. The molecule has 0 spiro atoms. The van der Waals surface area contributed by atoms with E-state index in [2.05, 4.69) is 292 Å². The smallest absolute Gasteiger partial charge is 0.135 e. The van der Waals surface area contributed by atoms with Crippen molar-refractivity contribution in [2.24, 2.45) is 0 Å². The molecule has 0 aliphatic carbocycles. The first-order chi connectivity index (χ1) is 38.7. The second kappa shape index (κ2) is 20.1. The molecule has 0 radical (unpaired) electrons. The molecule has 0 N–H and O–H groups in total. The maximum Gasteiger partial charge on any atom is 0.135 e. The number of nitrogens with zero attached hydrogens (tertiary/aromatic N) is 4. The zero-order valence-electron chi connectivity index (χ0n) is 49.1.